The standard InChI is InChI=1S/C20H16ClFN2O/c21-15-3-6-17-18(12-23-19(17)11-15)20(25)24-9-7-14(8-10-24)13-1-4-16(22)5-2-13/h1-7,11-12,23H,8-10H2. The second kappa shape index (κ2) is 6.37. The van der Waals surface area contributed by atoms with Crippen LogP contribution >= 0.6 is 11.6 Å². The summed E-state index contributed by atoms with van der Waals surface area (Å²) in [5.41, 5.74) is 3.67. The van der Waals surface area contributed by atoms with Crippen molar-refractivity contribution in [2.24, 2.45) is 0 Å². The van der Waals surface area contributed by atoms with E-state index in [1.807, 2.05) is 23.1 Å². The molecule has 3 aromatic rings. The molecule has 25 heavy (non-hydrogen) atoms. The quantitative estimate of drug-likeness (QED) is 0.698. The highest BCUT2D eigenvalue weighted by Crippen LogP contribution is 2.26. The van der Waals surface area contributed by atoms with Crippen molar-refractivity contribution in [3.8, 4) is 0 Å². The van der Waals surface area contributed by atoms with Gasteiger partial charge in [0.2, 0.25) is 0 Å². The van der Waals surface area contributed by atoms with Crippen molar-refractivity contribution in [1.82, 2.24) is 9.88 Å². The first-order chi connectivity index (χ1) is 12.1. The molecule has 1 N–H and O–H groups in total. The molecule has 0 unspecified atom stereocenters. The molecule has 0 radical (unpaired) electrons. The molecule has 3 nitrogen and oxygen atoms in total. The Balaban J connectivity index is 1.55. The lowest BCUT2D eigenvalue weighted by atomic mass is 9.99. The van der Waals surface area contributed by atoms with Gasteiger partial charge in [-0.1, -0.05) is 35.9 Å². The van der Waals surface area contributed by atoms with E-state index in [0.717, 1.165) is 28.5 Å². The number of hydrogen-bond acceptors (Lipinski definition) is 1. The fourth-order valence-corrected chi connectivity index (χ4v) is 3.40. The number of halogens is 2. The summed E-state index contributed by atoms with van der Waals surface area (Å²) in [5, 5.41) is 1.51. The molecule has 1 aliphatic heterocycles. The maximum Gasteiger partial charge on any atom is 0.256 e. The van der Waals surface area contributed by atoms with Gasteiger partial charge in [0.25, 0.3) is 5.91 Å². The summed E-state index contributed by atoms with van der Waals surface area (Å²) in [4.78, 5) is 17.8. The Labute approximate surface area is 149 Å². The Morgan fingerprint density at radius 3 is 2.68 bits per heavy atom. The van der Waals surface area contributed by atoms with Gasteiger partial charge in [0.15, 0.2) is 0 Å². The summed E-state index contributed by atoms with van der Waals surface area (Å²) in [5.74, 6) is -0.237. The van der Waals surface area contributed by atoms with Crippen LogP contribution in [0.3, 0.4) is 0 Å². The van der Waals surface area contributed by atoms with E-state index in [4.69, 9.17) is 11.6 Å². The molecular weight excluding hydrogens is 339 g/mol. The molecule has 0 aliphatic carbocycles. The molecule has 5 heteroatoms. The molecule has 0 bridgehead atoms. The van der Waals surface area contributed by atoms with E-state index in [-0.39, 0.29) is 11.7 Å². The maximum absolute atomic E-state index is 13.0. The summed E-state index contributed by atoms with van der Waals surface area (Å²) >= 11 is 5.99. The van der Waals surface area contributed by atoms with E-state index in [9.17, 15) is 9.18 Å². The number of aromatic nitrogens is 1. The predicted octanol–water partition coefficient (Wildman–Crippen LogP) is 4.89. The lowest BCUT2D eigenvalue weighted by Crippen LogP contribution is -2.34. The monoisotopic (exact) mass is 354 g/mol. The highest BCUT2D eigenvalue weighted by atomic mass is 35.5. The molecule has 1 aliphatic rings. The topological polar surface area (TPSA) is 36.1 Å². The zero-order valence-electron chi connectivity index (χ0n) is 13.4. The lowest BCUT2D eigenvalue weighted by molar-refractivity contribution is 0.0775. The van der Waals surface area contributed by atoms with Crippen LogP contribution in [0.1, 0.15) is 22.3 Å². The number of hydrogen-bond donors (Lipinski definition) is 1. The average molecular weight is 355 g/mol. The number of carbonyl (C=O) groups excluding carboxylic acids is 1. The fraction of sp³-hybridized carbons (Fsp3) is 0.150. The minimum absolute atomic E-state index is 0.00276. The fourth-order valence-electron chi connectivity index (χ4n) is 3.23. The van der Waals surface area contributed by atoms with Crippen molar-refractivity contribution in [2.75, 3.05) is 13.1 Å². The van der Waals surface area contributed by atoms with Gasteiger partial charge in [-0.25, -0.2) is 4.39 Å². The predicted molar refractivity (Wildman–Crippen MR) is 98.2 cm³/mol. The molecule has 0 atom stereocenters. The number of rotatable bonds is 2. The summed E-state index contributed by atoms with van der Waals surface area (Å²) in [6.07, 6.45) is 4.54. The third-order valence-electron chi connectivity index (χ3n) is 4.59. The Morgan fingerprint density at radius 1 is 1.16 bits per heavy atom. The number of nitrogens with zero attached hydrogens (tertiary/aromatic N) is 1. The first-order valence-electron chi connectivity index (χ1n) is 8.13. The van der Waals surface area contributed by atoms with Crippen LogP contribution in [0, 0.1) is 5.82 Å². The first kappa shape index (κ1) is 15.9. The van der Waals surface area contributed by atoms with Crippen LogP contribution in [0.4, 0.5) is 4.39 Å². The van der Waals surface area contributed by atoms with Crippen LogP contribution in [0.2, 0.25) is 5.02 Å². The van der Waals surface area contributed by atoms with Crippen molar-refractivity contribution in [3.63, 3.8) is 0 Å². The smallest absolute Gasteiger partial charge is 0.256 e. The molecule has 2 aromatic carbocycles. The Bertz CT molecular complexity index is 975. The normalized spacial score (nSPS) is 14.6. The third kappa shape index (κ3) is 3.05. The van der Waals surface area contributed by atoms with Crippen LogP contribution < -0.4 is 0 Å². The molecule has 0 saturated heterocycles. The van der Waals surface area contributed by atoms with E-state index in [2.05, 4.69) is 4.98 Å². The zero-order chi connectivity index (χ0) is 17.4. The van der Waals surface area contributed by atoms with Crippen LogP contribution in [0.25, 0.3) is 16.5 Å². The largest absolute Gasteiger partial charge is 0.360 e. The SMILES string of the molecule is O=C(c1c[nH]c2cc(Cl)ccc12)N1CC=C(c2ccc(F)cc2)CC1. The Kier molecular flexibility index (Phi) is 4.06. The third-order valence-corrected chi connectivity index (χ3v) is 4.82. The highest BCUT2D eigenvalue weighted by Gasteiger charge is 2.21. The molecule has 4 rings (SSSR count). The maximum atomic E-state index is 13.0. The highest BCUT2D eigenvalue weighted by molar-refractivity contribution is 6.31. The van der Waals surface area contributed by atoms with Crippen molar-refractivity contribution >= 4 is 34.0 Å². The number of nitrogens with one attached hydrogen (secondary N) is 1. The van der Waals surface area contributed by atoms with E-state index < -0.39 is 0 Å². The average Bonchev–Trinajstić information content (AvgIpc) is 3.05. The number of benzene rings is 2. The Hall–Kier alpha value is -2.59. The molecule has 0 saturated carbocycles. The second-order valence-corrected chi connectivity index (χ2v) is 6.57. The van der Waals surface area contributed by atoms with E-state index >= 15 is 0 Å². The number of amides is 1. The minimum atomic E-state index is -0.239. The van der Waals surface area contributed by atoms with Crippen molar-refractivity contribution < 1.29 is 9.18 Å². The van der Waals surface area contributed by atoms with E-state index in [1.165, 1.54) is 12.1 Å². The minimum Gasteiger partial charge on any atom is -0.360 e. The number of carbonyl (C=O) groups is 1. The van der Waals surface area contributed by atoms with Gasteiger partial charge in [0.05, 0.1) is 5.56 Å². The summed E-state index contributed by atoms with van der Waals surface area (Å²) in [7, 11) is 0. The number of aromatic amines is 1. The van der Waals surface area contributed by atoms with Gasteiger partial charge in [-0.2, -0.15) is 0 Å². The van der Waals surface area contributed by atoms with Crippen molar-refractivity contribution in [2.45, 2.75) is 6.42 Å². The van der Waals surface area contributed by atoms with Crippen LogP contribution in [-0.4, -0.2) is 28.9 Å². The van der Waals surface area contributed by atoms with Gasteiger partial charge in [0.1, 0.15) is 5.82 Å². The molecule has 0 spiro atoms. The molecule has 1 amide bonds. The molecular formula is C20H16ClFN2O. The van der Waals surface area contributed by atoms with Crippen LogP contribution in [0.15, 0.2) is 54.7 Å². The molecule has 1 aromatic heterocycles. The summed E-state index contributed by atoms with van der Waals surface area (Å²) in [6, 6.07) is 12.0. The Morgan fingerprint density at radius 2 is 1.96 bits per heavy atom. The van der Waals surface area contributed by atoms with Gasteiger partial charge >= 0.3 is 0 Å². The molecule has 0 fully saturated rings. The number of fused-ring (bicyclic) bond motifs is 1. The van der Waals surface area contributed by atoms with Gasteiger partial charge in [-0.3, -0.25) is 4.79 Å². The lowest BCUT2D eigenvalue weighted by Gasteiger charge is -2.26. The van der Waals surface area contributed by atoms with E-state index in [1.54, 1.807) is 24.4 Å². The molecule has 2 heterocycles. The van der Waals surface area contributed by atoms with E-state index in [0.29, 0.717) is 23.7 Å². The first-order valence-corrected chi connectivity index (χ1v) is 8.50. The van der Waals surface area contributed by atoms with Crippen LogP contribution in [-0.2, 0) is 0 Å². The second-order valence-electron chi connectivity index (χ2n) is 6.13. The van der Waals surface area contributed by atoms with Crippen molar-refractivity contribution in [1.29, 1.82) is 0 Å². The van der Waals surface area contributed by atoms with Gasteiger partial charge in [-0.15, -0.1) is 0 Å². The molecule has 126 valence electrons. The van der Waals surface area contributed by atoms with Crippen LogP contribution in [0.5, 0.6) is 0 Å². The zero-order valence-corrected chi connectivity index (χ0v) is 14.2. The summed E-state index contributed by atoms with van der Waals surface area (Å²) < 4.78 is 13.0. The van der Waals surface area contributed by atoms with Gasteiger partial charge in [-0.05, 0) is 41.8 Å². The summed E-state index contributed by atoms with van der Waals surface area (Å²) in [6.45, 7) is 1.19. The van der Waals surface area contributed by atoms with Crippen molar-refractivity contribution in [3.05, 3.63) is 76.7 Å². The van der Waals surface area contributed by atoms with Gasteiger partial charge < -0.3 is 9.88 Å². The van der Waals surface area contributed by atoms with Gasteiger partial charge in [0, 0.05) is 35.2 Å². The number of H-pyrrole nitrogens is 1.